The number of carbonyl (C=O) groups is 2. The average Bonchev–Trinajstić information content (AvgIpc) is 2.67. The SMILES string of the molecule is N#CC1=C(SCC(=O)Nc2ccc(Cl)cc2)NC(=O)C[C@@H]1c1cccc(Br)c1. The number of nitriles is 1. The Bertz CT molecular complexity index is 986. The van der Waals surface area contributed by atoms with Crippen molar-refractivity contribution >= 4 is 56.8 Å². The quantitative estimate of drug-likeness (QED) is 0.648. The summed E-state index contributed by atoms with van der Waals surface area (Å²) in [4.78, 5) is 24.4. The van der Waals surface area contributed by atoms with E-state index in [0.717, 1.165) is 21.8 Å². The number of hydrogen-bond acceptors (Lipinski definition) is 4. The predicted octanol–water partition coefficient (Wildman–Crippen LogP) is 4.81. The molecule has 0 radical (unpaired) electrons. The topological polar surface area (TPSA) is 82.0 Å². The Morgan fingerprint density at radius 1 is 1.32 bits per heavy atom. The van der Waals surface area contributed by atoms with E-state index in [9.17, 15) is 14.9 Å². The van der Waals surface area contributed by atoms with Crippen molar-refractivity contribution in [2.75, 3.05) is 11.1 Å². The van der Waals surface area contributed by atoms with Gasteiger partial charge in [-0.1, -0.05) is 51.4 Å². The van der Waals surface area contributed by atoms with Crippen LogP contribution in [0, 0.1) is 11.3 Å². The Morgan fingerprint density at radius 2 is 2.07 bits per heavy atom. The van der Waals surface area contributed by atoms with E-state index < -0.39 is 0 Å². The van der Waals surface area contributed by atoms with Gasteiger partial charge in [0, 0.05) is 27.5 Å². The molecule has 0 saturated heterocycles. The van der Waals surface area contributed by atoms with E-state index in [1.54, 1.807) is 24.3 Å². The maximum atomic E-state index is 12.2. The highest BCUT2D eigenvalue weighted by atomic mass is 79.9. The summed E-state index contributed by atoms with van der Waals surface area (Å²) >= 11 is 10.4. The van der Waals surface area contributed by atoms with E-state index in [1.165, 1.54) is 0 Å². The molecule has 3 rings (SSSR count). The Kier molecular flexibility index (Phi) is 6.79. The van der Waals surface area contributed by atoms with Crippen LogP contribution >= 0.6 is 39.3 Å². The number of nitrogens with zero attached hydrogens (tertiary/aromatic N) is 1. The lowest BCUT2D eigenvalue weighted by Crippen LogP contribution is -2.31. The molecular weight excluding hydrogens is 462 g/mol. The van der Waals surface area contributed by atoms with Crippen LogP contribution in [0.25, 0.3) is 0 Å². The average molecular weight is 477 g/mol. The molecule has 1 aliphatic heterocycles. The van der Waals surface area contributed by atoms with Crippen LogP contribution in [0.15, 0.2) is 63.6 Å². The summed E-state index contributed by atoms with van der Waals surface area (Å²) in [7, 11) is 0. The highest BCUT2D eigenvalue weighted by molar-refractivity contribution is 9.10. The molecule has 142 valence electrons. The van der Waals surface area contributed by atoms with Crippen LogP contribution in [0.5, 0.6) is 0 Å². The largest absolute Gasteiger partial charge is 0.325 e. The van der Waals surface area contributed by atoms with E-state index >= 15 is 0 Å². The molecule has 0 saturated carbocycles. The molecule has 1 aliphatic rings. The van der Waals surface area contributed by atoms with Crippen molar-refractivity contribution in [3.05, 3.63) is 74.2 Å². The van der Waals surface area contributed by atoms with Crippen molar-refractivity contribution in [1.82, 2.24) is 5.32 Å². The van der Waals surface area contributed by atoms with Gasteiger partial charge < -0.3 is 10.6 Å². The number of halogens is 2. The first-order valence-electron chi connectivity index (χ1n) is 8.34. The van der Waals surface area contributed by atoms with Gasteiger partial charge in [0.15, 0.2) is 0 Å². The van der Waals surface area contributed by atoms with Crippen LogP contribution in [-0.4, -0.2) is 17.6 Å². The lowest BCUT2D eigenvalue weighted by molar-refractivity contribution is -0.121. The van der Waals surface area contributed by atoms with Crippen LogP contribution in [0.1, 0.15) is 17.9 Å². The van der Waals surface area contributed by atoms with E-state index in [1.807, 2.05) is 24.3 Å². The predicted molar refractivity (Wildman–Crippen MR) is 115 cm³/mol. The van der Waals surface area contributed by atoms with Crippen LogP contribution < -0.4 is 10.6 Å². The molecule has 1 heterocycles. The maximum absolute atomic E-state index is 12.2. The summed E-state index contributed by atoms with van der Waals surface area (Å²) in [6.07, 6.45) is 0.195. The highest BCUT2D eigenvalue weighted by Gasteiger charge is 2.30. The molecule has 2 amide bonds. The Balaban J connectivity index is 1.74. The molecule has 8 heteroatoms. The third kappa shape index (κ3) is 5.16. The Labute approximate surface area is 180 Å². The number of thioether (sulfide) groups is 1. The molecule has 28 heavy (non-hydrogen) atoms. The first-order valence-corrected chi connectivity index (χ1v) is 10.5. The number of rotatable bonds is 5. The van der Waals surface area contributed by atoms with E-state index in [0.29, 0.717) is 21.3 Å². The lowest BCUT2D eigenvalue weighted by Gasteiger charge is -2.25. The fraction of sp³-hybridized carbons (Fsp3) is 0.150. The number of hydrogen-bond donors (Lipinski definition) is 2. The number of nitrogens with one attached hydrogen (secondary N) is 2. The first-order chi connectivity index (χ1) is 13.5. The van der Waals surface area contributed by atoms with Gasteiger partial charge in [-0.05, 0) is 42.0 Å². The summed E-state index contributed by atoms with van der Waals surface area (Å²) < 4.78 is 0.879. The molecule has 2 aromatic carbocycles. The summed E-state index contributed by atoms with van der Waals surface area (Å²) in [5.41, 5.74) is 1.97. The third-order valence-corrected chi connectivity index (χ3v) is 5.85. The van der Waals surface area contributed by atoms with E-state index in [2.05, 4.69) is 32.6 Å². The van der Waals surface area contributed by atoms with Gasteiger partial charge in [-0.25, -0.2) is 0 Å². The summed E-state index contributed by atoms with van der Waals surface area (Å²) in [6.45, 7) is 0. The number of allylic oxidation sites excluding steroid dienone is 1. The standard InChI is InChI=1S/C20H15BrClN3O2S/c21-13-3-1-2-12(8-13)16-9-18(26)25-20(17(16)10-23)28-11-19(27)24-15-6-4-14(22)5-7-15/h1-8,16H,9,11H2,(H,24,27)(H,25,26)/t16-/m1/s1. The van der Waals surface area contributed by atoms with Crippen molar-refractivity contribution in [2.24, 2.45) is 0 Å². The van der Waals surface area contributed by atoms with Gasteiger partial charge in [-0.3, -0.25) is 9.59 Å². The smallest absolute Gasteiger partial charge is 0.234 e. The summed E-state index contributed by atoms with van der Waals surface area (Å²) in [5.74, 6) is -0.687. The fourth-order valence-corrected chi connectivity index (χ4v) is 4.23. The van der Waals surface area contributed by atoms with E-state index in [-0.39, 0.29) is 29.9 Å². The molecule has 1 atom stereocenters. The minimum Gasteiger partial charge on any atom is -0.325 e. The van der Waals surface area contributed by atoms with Crippen LogP contribution in [0.3, 0.4) is 0 Å². The van der Waals surface area contributed by atoms with Gasteiger partial charge in [0.25, 0.3) is 0 Å². The van der Waals surface area contributed by atoms with Crippen molar-refractivity contribution < 1.29 is 9.59 Å². The van der Waals surface area contributed by atoms with Gasteiger partial charge in [0.05, 0.1) is 22.4 Å². The molecule has 0 spiro atoms. The number of anilines is 1. The zero-order chi connectivity index (χ0) is 20.1. The van der Waals surface area contributed by atoms with Gasteiger partial charge in [0.1, 0.15) is 0 Å². The van der Waals surface area contributed by atoms with Crippen molar-refractivity contribution in [3.63, 3.8) is 0 Å². The molecule has 0 bridgehead atoms. The number of benzene rings is 2. The number of carbonyl (C=O) groups excluding carboxylic acids is 2. The van der Waals surface area contributed by atoms with Gasteiger partial charge in [-0.2, -0.15) is 5.26 Å². The van der Waals surface area contributed by atoms with Gasteiger partial charge in [0.2, 0.25) is 11.8 Å². The molecular formula is C20H15BrClN3O2S. The molecule has 0 fully saturated rings. The molecule has 2 aromatic rings. The van der Waals surface area contributed by atoms with E-state index in [4.69, 9.17) is 11.6 Å². The molecule has 0 aliphatic carbocycles. The third-order valence-electron chi connectivity index (χ3n) is 4.08. The second-order valence-electron chi connectivity index (χ2n) is 6.06. The molecule has 0 aromatic heterocycles. The molecule has 0 unspecified atom stereocenters. The van der Waals surface area contributed by atoms with Crippen molar-refractivity contribution in [1.29, 1.82) is 5.26 Å². The monoisotopic (exact) mass is 475 g/mol. The zero-order valence-electron chi connectivity index (χ0n) is 14.5. The summed E-state index contributed by atoms with van der Waals surface area (Å²) in [5, 5.41) is 16.2. The van der Waals surface area contributed by atoms with Crippen molar-refractivity contribution in [3.8, 4) is 6.07 Å². The Morgan fingerprint density at radius 3 is 2.75 bits per heavy atom. The van der Waals surface area contributed by atoms with Crippen LogP contribution in [0.4, 0.5) is 5.69 Å². The number of amides is 2. The fourth-order valence-electron chi connectivity index (χ4n) is 2.81. The molecule has 2 N–H and O–H groups in total. The van der Waals surface area contributed by atoms with Crippen molar-refractivity contribution in [2.45, 2.75) is 12.3 Å². The lowest BCUT2D eigenvalue weighted by atomic mass is 9.87. The minimum atomic E-state index is -0.335. The minimum absolute atomic E-state index is 0.0641. The zero-order valence-corrected chi connectivity index (χ0v) is 17.7. The molecule has 5 nitrogen and oxygen atoms in total. The van der Waals surface area contributed by atoms with Gasteiger partial charge >= 0.3 is 0 Å². The van der Waals surface area contributed by atoms with Crippen LogP contribution in [0.2, 0.25) is 5.02 Å². The summed E-state index contributed by atoms with van der Waals surface area (Å²) in [6, 6.07) is 16.5. The van der Waals surface area contributed by atoms with Crippen LogP contribution in [-0.2, 0) is 9.59 Å². The maximum Gasteiger partial charge on any atom is 0.234 e. The first kappa shape index (κ1) is 20.5. The second-order valence-corrected chi connectivity index (χ2v) is 8.40. The second kappa shape index (κ2) is 9.28. The van der Waals surface area contributed by atoms with Gasteiger partial charge in [-0.15, -0.1) is 0 Å². The normalized spacial score (nSPS) is 16.3. The highest BCUT2D eigenvalue weighted by Crippen LogP contribution is 2.36. The Hall–Kier alpha value is -2.27.